The summed E-state index contributed by atoms with van der Waals surface area (Å²) in [7, 11) is 4.21. The summed E-state index contributed by atoms with van der Waals surface area (Å²) in [6.07, 6.45) is 4.71. The number of nitrogens with zero attached hydrogens (tertiary/aromatic N) is 2. The lowest BCUT2D eigenvalue weighted by molar-refractivity contribution is 0.138. The first kappa shape index (κ1) is 16.9. The van der Waals surface area contributed by atoms with Crippen LogP contribution in [0.25, 0.3) is 0 Å². The van der Waals surface area contributed by atoms with E-state index < -0.39 is 0 Å². The molecule has 0 saturated heterocycles. The van der Waals surface area contributed by atoms with Gasteiger partial charge in [-0.25, -0.2) is 0 Å². The summed E-state index contributed by atoms with van der Waals surface area (Å²) >= 11 is 0. The zero-order valence-electron chi connectivity index (χ0n) is 13.7. The third-order valence-electron chi connectivity index (χ3n) is 3.81. The van der Waals surface area contributed by atoms with Crippen LogP contribution in [0.1, 0.15) is 45.7 Å². The fraction of sp³-hybridized carbons (Fsp3) is 0.688. The summed E-state index contributed by atoms with van der Waals surface area (Å²) in [5.74, 6) is 0.849. The van der Waals surface area contributed by atoms with Gasteiger partial charge in [-0.05, 0) is 52.5 Å². The van der Waals surface area contributed by atoms with Gasteiger partial charge in [0.25, 0.3) is 0 Å². The van der Waals surface area contributed by atoms with Gasteiger partial charge in [-0.1, -0.05) is 13.8 Å². The van der Waals surface area contributed by atoms with Gasteiger partial charge >= 0.3 is 0 Å². The van der Waals surface area contributed by atoms with E-state index in [9.17, 15) is 0 Å². The molecule has 1 aromatic heterocycles. The second kappa shape index (κ2) is 7.60. The van der Waals surface area contributed by atoms with E-state index in [0.29, 0.717) is 0 Å². The van der Waals surface area contributed by atoms with Crippen molar-refractivity contribution in [1.29, 1.82) is 0 Å². The minimum Gasteiger partial charge on any atom is -0.492 e. The molecule has 0 fully saturated rings. The molecule has 0 aliphatic carbocycles. The number of ether oxygens (including phenoxy) is 1. The lowest BCUT2D eigenvalue weighted by Crippen LogP contribution is -2.49. The van der Waals surface area contributed by atoms with Gasteiger partial charge in [-0.15, -0.1) is 0 Å². The summed E-state index contributed by atoms with van der Waals surface area (Å²) in [5.41, 5.74) is 1.15. The van der Waals surface area contributed by atoms with E-state index >= 15 is 0 Å². The van der Waals surface area contributed by atoms with Crippen molar-refractivity contribution in [3.63, 3.8) is 0 Å². The second-order valence-electron chi connectivity index (χ2n) is 5.84. The Labute approximate surface area is 123 Å². The fourth-order valence-corrected chi connectivity index (χ4v) is 2.13. The number of hydrogen-bond donors (Lipinski definition) is 1. The van der Waals surface area contributed by atoms with Crippen molar-refractivity contribution in [2.45, 2.75) is 45.7 Å². The van der Waals surface area contributed by atoms with Crippen molar-refractivity contribution in [2.75, 3.05) is 27.2 Å². The summed E-state index contributed by atoms with van der Waals surface area (Å²) in [4.78, 5) is 6.57. The van der Waals surface area contributed by atoms with E-state index in [1.807, 2.05) is 6.20 Å². The molecular formula is C16H29N3O. The Balaban J connectivity index is 3.02. The number of rotatable bonds is 8. The Morgan fingerprint density at radius 2 is 2.00 bits per heavy atom. The van der Waals surface area contributed by atoms with Crippen molar-refractivity contribution < 1.29 is 4.74 Å². The van der Waals surface area contributed by atoms with E-state index in [2.05, 4.69) is 63.1 Å². The molecule has 4 heteroatoms. The van der Waals surface area contributed by atoms with Crippen LogP contribution in [0.3, 0.4) is 0 Å². The average molecular weight is 279 g/mol. The summed E-state index contributed by atoms with van der Waals surface area (Å²) in [6, 6.07) is 2.31. The number of hydrogen-bond acceptors (Lipinski definition) is 4. The monoisotopic (exact) mass is 279 g/mol. The van der Waals surface area contributed by atoms with Crippen LogP contribution in [0.5, 0.6) is 5.75 Å². The van der Waals surface area contributed by atoms with Crippen molar-refractivity contribution in [1.82, 2.24) is 15.2 Å². The maximum absolute atomic E-state index is 5.69. The zero-order valence-corrected chi connectivity index (χ0v) is 13.7. The quantitative estimate of drug-likeness (QED) is 0.794. The molecule has 0 saturated carbocycles. The first-order chi connectivity index (χ1) is 9.43. The molecule has 0 spiro atoms. The minimum atomic E-state index is -0.0128. The molecule has 4 nitrogen and oxygen atoms in total. The molecule has 1 unspecified atom stereocenters. The lowest BCUT2D eigenvalue weighted by Gasteiger charge is -2.40. The SMILES string of the molecule is CCCOc1cncc(C(NCC)C(C)(C)N(C)C)c1. The lowest BCUT2D eigenvalue weighted by atomic mass is 9.88. The van der Waals surface area contributed by atoms with Crippen molar-refractivity contribution in [3.05, 3.63) is 24.0 Å². The van der Waals surface area contributed by atoms with Gasteiger partial charge in [-0.3, -0.25) is 4.98 Å². The van der Waals surface area contributed by atoms with E-state index in [-0.39, 0.29) is 11.6 Å². The number of likely N-dealkylation sites (N-methyl/N-ethyl adjacent to an activating group) is 2. The van der Waals surface area contributed by atoms with E-state index in [1.165, 1.54) is 5.56 Å². The number of aromatic nitrogens is 1. The second-order valence-corrected chi connectivity index (χ2v) is 5.84. The van der Waals surface area contributed by atoms with Crippen molar-refractivity contribution in [3.8, 4) is 5.75 Å². The Morgan fingerprint density at radius 3 is 2.55 bits per heavy atom. The molecule has 0 radical (unpaired) electrons. The largest absolute Gasteiger partial charge is 0.492 e. The molecule has 1 N–H and O–H groups in total. The van der Waals surface area contributed by atoms with E-state index in [0.717, 1.165) is 25.3 Å². The standard InChI is InChI=1S/C16H29N3O/c1-7-9-20-14-10-13(11-17-12-14)15(18-8-2)16(3,4)19(5)6/h10-12,15,18H,7-9H2,1-6H3. The minimum absolute atomic E-state index is 0.0128. The van der Waals surface area contributed by atoms with Crippen LogP contribution in [0.2, 0.25) is 0 Å². The predicted molar refractivity (Wildman–Crippen MR) is 84.2 cm³/mol. The van der Waals surface area contributed by atoms with E-state index in [1.54, 1.807) is 6.20 Å². The van der Waals surface area contributed by atoms with Gasteiger partial charge < -0.3 is 15.0 Å². The molecule has 0 aliphatic rings. The Morgan fingerprint density at radius 1 is 1.30 bits per heavy atom. The zero-order chi connectivity index (χ0) is 15.2. The van der Waals surface area contributed by atoms with E-state index in [4.69, 9.17) is 4.74 Å². The van der Waals surface area contributed by atoms with Gasteiger partial charge in [0.2, 0.25) is 0 Å². The van der Waals surface area contributed by atoms with Crippen LogP contribution in [-0.2, 0) is 0 Å². The van der Waals surface area contributed by atoms with Gasteiger partial charge in [-0.2, -0.15) is 0 Å². The highest BCUT2D eigenvalue weighted by Gasteiger charge is 2.32. The molecular weight excluding hydrogens is 250 g/mol. The summed E-state index contributed by atoms with van der Waals surface area (Å²) in [5, 5.41) is 3.57. The van der Waals surface area contributed by atoms with Crippen LogP contribution in [0, 0.1) is 0 Å². The molecule has 114 valence electrons. The normalized spacial score (nSPS) is 13.6. The highest BCUT2D eigenvalue weighted by molar-refractivity contribution is 5.28. The molecule has 20 heavy (non-hydrogen) atoms. The van der Waals surface area contributed by atoms with Gasteiger partial charge in [0.05, 0.1) is 18.8 Å². The summed E-state index contributed by atoms with van der Waals surface area (Å²) in [6.45, 7) is 10.4. The average Bonchev–Trinajstić information content (AvgIpc) is 2.42. The van der Waals surface area contributed by atoms with Gasteiger partial charge in [0, 0.05) is 11.7 Å². The third kappa shape index (κ3) is 4.18. The van der Waals surface area contributed by atoms with Gasteiger partial charge in [0.15, 0.2) is 0 Å². The first-order valence-electron chi connectivity index (χ1n) is 7.42. The van der Waals surface area contributed by atoms with Crippen LogP contribution >= 0.6 is 0 Å². The molecule has 1 rings (SSSR count). The fourth-order valence-electron chi connectivity index (χ4n) is 2.13. The highest BCUT2D eigenvalue weighted by Crippen LogP contribution is 2.30. The molecule has 0 amide bonds. The van der Waals surface area contributed by atoms with Crippen molar-refractivity contribution >= 4 is 0 Å². The number of nitrogens with one attached hydrogen (secondary N) is 1. The molecule has 1 atom stereocenters. The molecule has 1 heterocycles. The maximum Gasteiger partial charge on any atom is 0.137 e. The Hall–Kier alpha value is -1.13. The van der Waals surface area contributed by atoms with Crippen molar-refractivity contribution in [2.24, 2.45) is 0 Å². The topological polar surface area (TPSA) is 37.4 Å². The Kier molecular flexibility index (Phi) is 6.43. The molecule has 0 aliphatic heterocycles. The molecule has 1 aromatic rings. The van der Waals surface area contributed by atoms with Crippen LogP contribution in [0.4, 0.5) is 0 Å². The maximum atomic E-state index is 5.69. The van der Waals surface area contributed by atoms with Crippen LogP contribution in [0.15, 0.2) is 18.5 Å². The van der Waals surface area contributed by atoms with Gasteiger partial charge in [0.1, 0.15) is 5.75 Å². The molecule has 0 bridgehead atoms. The van der Waals surface area contributed by atoms with Crippen LogP contribution in [-0.4, -0.2) is 42.7 Å². The summed E-state index contributed by atoms with van der Waals surface area (Å²) < 4.78 is 5.69. The smallest absolute Gasteiger partial charge is 0.137 e. The third-order valence-corrected chi connectivity index (χ3v) is 3.81. The first-order valence-corrected chi connectivity index (χ1v) is 7.42. The molecule has 0 aromatic carbocycles. The van der Waals surface area contributed by atoms with Crippen LogP contribution < -0.4 is 10.1 Å². The Bertz CT molecular complexity index is 404. The highest BCUT2D eigenvalue weighted by atomic mass is 16.5. The number of pyridine rings is 1. The predicted octanol–water partition coefficient (Wildman–Crippen LogP) is 2.86.